The van der Waals surface area contributed by atoms with E-state index in [1.807, 2.05) is 44.2 Å². The fourth-order valence-electron chi connectivity index (χ4n) is 6.72. The van der Waals surface area contributed by atoms with Gasteiger partial charge in [0.15, 0.2) is 0 Å². The summed E-state index contributed by atoms with van der Waals surface area (Å²) in [6, 6.07) is 12.9. The van der Waals surface area contributed by atoms with Crippen LogP contribution >= 0.6 is 11.6 Å². The average molecular weight is 450 g/mol. The zero-order valence-corrected chi connectivity index (χ0v) is 18.8. The van der Waals surface area contributed by atoms with Gasteiger partial charge in [-0.2, -0.15) is 0 Å². The minimum Gasteiger partial charge on any atom is -0.310 e. The van der Waals surface area contributed by atoms with Gasteiger partial charge in [-0.1, -0.05) is 35.9 Å². The van der Waals surface area contributed by atoms with Gasteiger partial charge in [0.1, 0.15) is 5.54 Å². The third-order valence-corrected chi connectivity index (χ3v) is 8.11. The molecule has 1 spiro atoms. The Labute approximate surface area is 191 Å². The second-order valence-corrected chi connectivity index (χ2v) is 9.62. The number of para-hydroxylation sites is 1. The van der Waals surface area contributed by atoms with Crippen LogP contribution in [-0.2, 0) is 19.9 Å². The number of carbonyl (C=O) groups is 3. The highest BCUT2D eigenvalue weighted by Crippen LogP contribution is 2.61. The molecule has 3 saturated heterocycles. The summed E-state index contributed by atoms with van der Waals surface area (Å²) in [6.45, 7) is 5.05. The predicted octanol–water partition coefficient (Wildman–Crippen LogP) is 3.49. The normalized spacial score (nSPS) is 31.1. The summed E-state index contributed by atoms with van der Waals surface area (Å²) in [4.78, 5) is 47.3. The molecule has 0 saturated carbocycles. The molecule has 4 aliphatic heterocycles. The Kier molecular flexibility index (Phi) is 4.15. The molecule has 4 atom stereocenters. The van der Waals surface area contributed by atoms with E-state index < -0.39 is 17.4 Å². The topological polar surface area (TPSA) is 60.9 Å². The molecule has 0 radical (unpaired) electrons. The van der Waals surface area contributed by atoms with Crippen molar-refractivity contribution < 1.29 is 14.4 Å². The molecule has 4 aliphatic rings. The van der Waals surface area contributed by atoms with Crippen LogP contribution in [0.3, 0.4) is 0 Å². The smallest absolute Gasteiger partial charge is 0.253 e. The molecule has 164 valence electrons. The van der Waals surface area contributed by atoms with Crippen molar-refractivity contribution in [2.75, 3.05) is 22.9 Å². The molecule has 3 amide bonds. The van der Waals surface area contributed by atoms with Crippen molar-refractivity contribution >= 4 is 40.7 Å². The van der Waals surface area contributed by atoms with Gasteiger partial charge in [-0.05, 0) is 57.0 Å². The van der Waals surface area contributed by atoms with E-state index in [0.29, 0.717) is 23.8 Å². The SMILES string of the molecule is CCN1C(=O)[C@]2(c3ccccc31)[C@@H]1C(=O)N(c3cc(Cl)ccc3C)C(=O)[C@H]1[C@@H]1CCCN12. The predicted molar refractivity (Wildman–Crippen MR) is 122 cm³/mol. The number of imide groups is 1. The molecule has 32 heavy (non-hydrogen) atoms. The van der Waals surface area contributed by atoms with Crippen molar-refractivity contribution in [2.45, 2.75) is 38.3 Å². The number of likely N-dealkylation sites (N-methyl/N-ethyl adjacent to an activating group) is 1. The molecule has 0 bridgehead atoms. The third-order valence-electron chi connectivity index (χ3n) is 7.87. The first-order valence-corrected chi connectivity index (χ1v) is 11.6. The van der Waals surface area contributed by atoms with Crippen LogP contribution in [0.5, 0.6) is 0 Å². The summed E-state index contributed by atoms with van der Waals surface area (Å²) in [5.41, 5.74) is 1.92. The first-order valence-electron chi connectivity index (χ1n) is 11.2. The van der Waals surface area contributed by atoms with E-state index in [-0.39, 0.29) is 23.8 Å². The van der Waals surface area contributed by atoms with Gasteiger partial charge in [0.2, 0.25) is 11.8 Å². The van der Waals surface area contributed by atoms with E-state index in [1.54, 1.807) is 17.0 Å². The van der Waals surface area contributed by atoms with Crippen LogP contribution in [0.25, 0.3) is 0 Å². The number of hydrogen-bond donors (Lipinski definition) is 0. The molecule has 0 aliphatic carbocycles. The van der Waals surface area contributed by atoms with Gasteiger partial charge < -0.3 is 4.90 Å². The molecule has 7 heteroatoms. The van der Waals surface area contributed by atoms with E-state index in [1.165, 1.54) is 4.90 Å². The summed E-state index contributed by atoms with van der Waals surface area (Å²) in [5.74, 6) is -1.84. The van der Waals surface area contributed by atoms with Gasteiger partial charge in [-0.15, -0.1) is 0 Å². The number of aryl methyl sites for hydroxylation is 1. The number of nitrogens with zero attached hydrogens (tertiary/aromatic N) is 3. The van der Waals surface area contributed by atoms with Crippen molar-refractivity contribution in [1.29, 1.82) is 0 Å². The molecule has 0 aromatic heterocycles. The fraction of sp³-hybridized carbons (Fsp3) is 0.400. The molecule has 6 nitrogen and oxygen atoms in total. The Morgan fingerprint density at radius 2 is 1.84 bits per heavy atom. The molecule has 2 aromatic carbocycles. The van der Waals surface area contributed by atoms with Crippen molar-refractivity contribution in [3.63, 3.8) is 0 Å². The summed E-state index contributed by atoms with van der Waals surface area (Å²) in [7, 11) is 0. The van der Waals surface area contributed by atoms with Crippen LogP contribution in [0, 0.1) is 18.8 Å². The highest BCUT2D eigenvalue weighted by atomic mass is 35.5. The molecule has 0 unspecified atom stereocenters. The maximum atomic E-state index is 14.1. The number of amides is 3. The zero-order chi connectivity index (χ0) is 22.4. The summed E-state index contributed by atoms with van der Waals surface area (Å²) < 4.78 is 0. The van der Waals surface area contributed by atoms with Crippen LogP contribution in [-0.4, -0.2) is 41.8 Å². The lowest BCUT2D eigenvalue weighted by atomic mass is 9.75. The Morgan fingerprint density at radius 1 is 1.06 bits per heavy atom. The summed E-state index contributed by atoms with van der Waals surface area (Å²) in [5, 5.41) is 0.472. The number of rotatable bonds is 2. The van der Waals surface area contributed by atoms with Crippen LogP contribution < -0.4 is 9.80 Å². The largest absolute Gasteiger partial charge is 0.310 e. The molecule has 6 rings (SSSR count). The Balaban J connectivity index is 1.58. The van der Waals surface area contributed by atoms with Gasteiger partial charge in [-0.3, -0.25) is 19.3 Å². The average Bonchev–Trinajstić information content (AvgIpc) is 3.48. The fourth-order valence-corrected chi connectivity index (χ4v) is 6.88. The number of benzene rings is 2. The van der Waals surface area contributed by atoms with E-state index in [2.05, 4.69) is 4.90 Å². The zero-order valence-electron chi connectivity index (χ0n) is 18.0. The van der Waals surface area contributed by atoms with Gasteiger partial charge in [0, 0.05) is 28.9 Å². The lowest BCUT2D eigenvalue weighted by molar-refractivity contribution is -0.137. The molecule has 4 heterocycles. The van der Waals surface area contributed by atoms with E-state index >= 15 is 0 Å². The van der Waals surface area contributed by atoms with Gasteiger partial charge in [0.05, 0.1) is 17.5 Å². The second-order valence-electron chi connectivity index (χ2n) is 9.18. The maximum Gasteiger partial charge on any atom is 0.253 e. The number of hydrogen-bond acceptors (Lipinski definition) is 4. The maximum absolute atomic E-state index is 14.1. The van der Waals surface area contributed by atoms with Crippen molar-refractivity contribution in [3.05, 3.63) is 58.6 Å². The van der Waals surface area contributed by atoms with Gasteiger partial charge in [-0.25, -0.2) is 4.90 Å². The first kappa shape index (κ1) is 19.9. The lowest BCUT2D eigenvalue weighted by Crippen LogP contribution is -2.56. The Bertz CT molecular complexity index is 1200. The quantitative estimate of drug-likeness (QED) is 0.658. The highest BCUT2D eigenvalue weighted by Gasteiger charge is 2.75. The number of anilines is 2. The highest BCUT2D eigenvalue weighted by molar-refractivity contribution is 6.32. The Hall–Kier alpha value is -2.70. The van der Waals surface area contributed by atoms with Crippen LogP contribution in [0.1, 0.15) is 30.9 Å². The second kappa shape index (κ2) is 6.65. The molecule has 0 N–H and O–H groups in total. The molecular formula is C25H24ClN3O3. The monoisotopic (exact) mass is 449 g/mol. The van der Waals surface area contributed by atoms with Gasteiger partial charge >= 0.3 is 0 Å². The van der Waals surface area contributed by atoms with Crippen LogP contribution in [0.15, 0.2) is 42.5 Å². The van der Waals surface area contributed by atoms with Crippen molar-refractivity contribution in [3.8, 4) is 0 Å². The number of carbonyl (C=O) groups excluding carboxylic acids is 3. The van der Waals surface area contributed by atoms with E-state index in [4.69, 9.17) is 11.6 Å². The van der Waals surface area contributed by atoms with E-state index in [0.717, 1.165) is 29.7 Å². The molecular weight excluding hydrogens is 426 g/mol. The number of fused-ring (bicyclic) bond motifs is 7. The molecule has 2 aromatic rings. The van der Waals surface area contributed by atoms with Crippen molar-refractivity contribution in [2.24, 2.45) is 11.8 Å². The summed E-state index contributed by atoms with van der Waals surface area (Å²) in [6.07, 6.45) is 1.72. The van der Waals surface area contributed by atoms with E-state index in [9.17, 15) is 14.4 Å². The Morgan fingerprint density at radius 3 is 2.62 bits per heavy atom. The van der Waals surface area contributed by atoms with Gasteiger partial charge in [0.25, 0.3) is 5.91 Å². The standard InChI is InChI=1S/C25H24ClN3O3/c1-3-27-17-8-5-4-7-16(17)25(24(27)32)21-20(18-9-6-12-28(18)25)22(30)29(23(21)31)19-13-15(26)11-10-14(19)2/h4-5,7-8,10-11,13,18,20-21H,3,6,9,12H2,1-2H3/t18-,20-,21-,25-/m0/s1. The minimum absolute atomic E-state index is 0.0774. The number of halogens is 1. The lowest BCUT2D eigenvalue weighted by Gasteiger charge is -2.37. The van der Waals surface area contributed by atoms with Crippen LogP contribution in [0.4, 0.5) is 11.4 Å². The minimum atomic E-state index is -1.12. The van der Waals surface area contributed by atoms with Crippen molar-refractivity contribution in [1.82, 2.24) is 4.90 Å². The van der Waals surface area contributed by atoms with Crippen LogP contribution in [0.2, 0.25) is 5.02 Å². The third kappa shape index (κ3) is 2.17. The molecule has 3 fully saturated rings. The first-order chi connectivity index (χ1) is 15.4. The summed E-state index contributed by atoms with van der Waals surface area (Å²) >= 11 is 6.23.